The number of hydrogen-bond acceptors (Lipinski definition) is 7. The first-order chi connectivity index (χ1) is 12.1. The third-order valence-electron chi connectivity index (χ3n) is 4.42. The Bertz CT molecular complexity index is 775. The fourth-order valence-electron chi connectivity index (χ4n) is 3.10. The van der Waals surface area contributed by atoms with E-state index >= 15 is 0 Å². The van der Waals surface area contributed by atoms with Crippen molar-refractivity contribution in [2.24, 2.45) is 0 Å². The molecule has 2 aromatic rings. The lowest BCUT2D eigenvalue weighted by molar-refractivity contribution is -0.127. The predicted octanol–water partition coefficient (Wildman–Crippen LogP) is 0.129. The van der Waals surface area contributed by atoms with Crippen LogP contribution in [0, 0.1) is 6.92 Å². The van der Waals surface area contributed by atoms with Gasteiger partial charge in [0, 0.05) is 25.9 Å². The summed E-state index contributed by atoms with van der Waals surface area (Å²) in [5.74, 6) is 2.77. The quantitative estimate of drug-likeness (QED) is 0.822. The molecule has 1 atom stereocenters. The number of methoxy groups -OCH3 is 2. The van der Waals surface area contributed by atoms with E-state index in [1.54, 1.807) is 33.5 Å². The SMILES string of the molecule is CNC(=O)C1Cn2c(C)nnc2CN1Cc1nccc(OC)c1OC. The molecule has 1 amide bonds. The smallest absolute Gasteiger partial charge is 0.238 e. The van der Waals surface area contributed by atoms with Crippen LogP contribution in [0.3, 0.4) is 0 Å². The number of likely N-dealkylation sites (N-methyl/N-ethyl adjacent to an activating group) is 1. The summed E-state index contributed by atoms with van der Waals surface area (Å²) in [7, 11) is 4.80. The number of nitrogens with zero attached hydrogens (tertiary/aromatic N) is 5. The molecular weight excluding hydrogens is 324 g/mol. The molecule has 0 saturated carbocycles. The van der Waals surface area contributed by atoms with Gasteiger partial charge in [-0.25, -0.2) is 0 Å². The molecule has 9 nitrogen and oxygen atoms in total. The first-order valence-electron chi connectivity index (χ1n) is 7.99. The van der Waals surface area contributed by atoms with E-state index in [0.29, 0.717) is 36.8 Å². The zero-order valence-corrected chi connectivity index (χ0v) is 14.8. The van der Waals surface area contributed by atoms with Gasteiger partial charge in [0.2, 0.25) is 5.91 Å². The molecule has 3 rings (SSSR count). The molecule has 25 heavy (non-hydrogen) atoms. The maximum atomic E-state index is 12.4. The largest absolute Gasteiger partial charge is 0.493 e. The zero-order valence-electron chi connectivity index (χ0n) is 14.8. The van der Waals surface area contributed by atoms with Crippen LogP contribution < -0.4 is 14.8 Å². The third kappa shape index (κ3) is 3.14. The molecule has 2 aromatic heterocycles. The second kappa shape index (κ2) is 7.06. The Labute approximate surface area is 146 Å². The van der Waals surface area contributed by atoms with Crippen LogP contribution in [-0.2, 0) is 24.4 Å². The van der Waals surface area contributed by atoms with Gasteiger partial charge in [0.25, 0.3) is 0 Å². The molecular formula is C16H22N6O3. The Balaban J connectivity index is 1.93. The first kappa shape index (κ1) is 17.2. The van der Waals surface area contributed by atoms with Crippen molar-refractivity contribution < 1.29 is 14.3 Å². The summed E-state index contributed by atoms with van der Waals surface area (Å²) < 4.78 is 12.8. The topological polar surface area (TPSA) is 94.4 Å². The molecule has 0 fully saturated rings. The lowest BCUT2D eigenvalue weighted by atomic mass is 10.1. The van der Waals surface area contributed by atoms with Crippen LogP contribution in [0.4, 0.5) is 0 Å². The van der Waals surface area contributed by atoms with Crippen LogP contribution in [0.5, 0.6) is 11.5 Å². The molecule has 0 radical (unpaired) electrons. The number of fused-ring (bicyclic) bond motifs is 1. The predicted molar refractivity (Wildman–Crippen MR) is 89.2 cm³/mol. The number of carbonyl (C=O) groups excluding carboxylic acids is 1. The van der Waals surface area contributed by atoms with Crippen LogP contribution in [0.25, 0.3) is 0 Å². The second-order valence-corrected chi connectivity index (χ2v) is 5.80. The fraction of sp³-hybridized carbons (Fsp3) is 0.500. The summed E-state index contributed by atoms with van der Waals surface area (Å²) in [4.78, 5) is 18.8. The number of carbonyl (C=O) groups is 1. The number of aryl methyl sites for hydroxylation is 1. The van der Waals surface area contributed by atoms with Crippen LogP contribution in [0.1, 0.15) is 17.3 Å². The van der Waals surface area contributed by atoms with Gasteiger partial charge in [0.1, 0.15) is 23.4 Å². The van der Waals surface area contributed by atoms with Crippen molar-refractivity contribution in [3.05, 3.63) is 29.6 Å². The third-order valence-corrected chi connectivity index (χ3v) is 4.42. The van der Waals surface area contributed by atoms with Crippen LogP contribution in [0.15, 0.2) is 12.3 Å². The minimum atomic E-state index is -0.343. The molecule has 134 valence electrons. The average Bonchev–Trinajstić information content (AvgIpc) is 3.00. The molecule has 9 heteroatoms. The average molecular weight is 346 g/mol. The van der Waals surface area contributed by atoms with Crippen molar-refractivity contribution >= 4 is 5.91 Å². The van der Waals surface area contributed by atoms with Crippen molar-refractivity contribution in [2.45, 2.75) is 32.6 Å². The summed E-state index contributed by atoms with van der Waals surface area (Å²) in [6.07, 6.45) is 1.67. The van der Waals surface area contributed by atoms with Crippen LogP contribution in [-0.4, -0.2) is 57.9 Å². The number of aromatic nitrogens is 4. The van der Waals surface area contributed by atoms with Gasteiger partial charge in [0.05, 0.1) is 27.3 Å². The van der Waals surface area contributed by atoms with Crippen molar-refractivity contribution in [1.82, 2.24) is 30.0 Å². The Morgan fingerprint density at radius 3 is 2.84 bits per heavy atom. The Kier molecular flexibility index (Phi) is 4.84. The first-order valence-corrected chi connectivity index (χ1v) is 7.99. The standard InChI is InChI=1S/C16H22N6O3/c1-10-19-20-14-9-21(12(8-22(10)14)16(23)17-2)7-11-15(25-4)13(24-3)5-6-18-11/h5-6,12H,7-9H2,1-4H3,(H,17,23). The van der Waals surface area contributed by atoms with E-state index < -0.39 is 0 Å². The van der Waals surface area contributed by atoms with Crippen molar-refractivity contribution in [3.8, 4) is 11.5 Å². The number of pyridine rings is 1. The van der Waals surface area contributed by atoms with E-state index in [9.17, 15) is 4.79 Å². The van der Waals surface area contributed by atoms with E-state index in [0.717, 1.165) is 11.6 Å². The van der Waals surface area contributed by atoms with Gasteiger partial charge in [-0.15, -0.1) is 10.2 Å². The highest BCUT2D eigenvalue weighted by molar-refractivity contribution is 5.81. The molecule has 0 bridgehead atoms. The van der Waals surface area contributed by atoms with E-state index in [-0.39, 0.29) is 11.9 Å². The van der Waals surface area contributed by atoms with Crippen LogP contribution in [0.2, 0.25) is 0 Å². The highest BCUT2D eigenvalue weighted by Gasteiger charge is 2.34. The number of hydrogen-bond donors (Lipinski definition) is 1. The maximum absolute atomic E-state index is 12.4. The minimum Gasteiger partial charge on any atom is -0.493 e. The monoisotopic (exact) mass is 346 g/mol. The zero-order chi connectivity index (χ0) is 18.0. The molecule has 1 aliphatic heterocycles. The summed E-state index contributed by atoms with van der Waals surface area (Å²) in [5, 5.41) is 11.1. The summed E-state index contributed by atoms with van der Waals surface area (Å²) in [6, 6.07) is 1.40. The van der Waals surface area contributed by atoms with Gasteiger partial charge >= 0.3 is 0 Å². The number of nitrogens with one attached hydrogen (secondary N) is 1. The second-order valence-electron chi connectivity index (χ2n) is 5.80. The van der Waals surface area contributed by atoms with Crippen LogP contribution >= 0.6 is 0 Å². The number of ether oxygens (including phenoxy) is 2. The van der Waals surface area contributed by atoms with E-state index in [2.05, 4.69) is 20.5 Å². The van der Waals surface area contributed by atoms with Crippen molar-refractivity contribution in [1.29, 1.82) is 0 Å². The normalized spacial score (nSPS) is 17.0. The molecule has 0 aromatic carbocycles. The Hall–Kier alpha value is -2.68. The molecule has 1 aliphatic rings. The molecule has 0 saturated heterocycles. The summed E-state index contributed by atoms with van der Waals surface area (Å²) in [6.45, 7) is 3.32. The molecule has 3 heterocycles. The fourth-order valence-corrected chi connectivity index (χ4v) is 3.10. The van der Waals surface area contributed by atoms with Gasteiger partial charge in [-0.05, 0) is 6.92 Å². The van der Waals surface area contributed by atoms with Crippen molar-refractivity contribution in [3.63, 3.8) is 0 Å². The number of rotatable bonds is 5. The van der Waals surface area contributed by atoms with Gasteiger partial charge < -0.3 is 19.4 Å². The van der Waals surface area contributed by atoms with Crippen molar-refractivity contribution in [2.75, 3.05) is 21.3 Å². The Morgan fingerprint density at radius 1 is 1.36 bits per heavy atom. The molecule has 1 unspecified atom stereocenters. The van der Waals surface area contributed by atoms with E-state index in [1.807, 2.05) is 16.4 Å². The lowest BCUT2D eigenvalue weighted by Crippen LogP contribution is -2.51. The van der Waals surface area contributed by atoms with E-state index in [4.69, 9.17) is 9.47 Å². The molecule has 0 spiro atoms. The number of amides is 1. The Morgan fingerprint density at radius 2 is 2.16 bits per heavy atom. The van der Waals surface area contributed by atoms with E-state index in [1.165, 1.54) is 0 Å². The maximum Gasteiger partial charge on any atom is 0.238 e. The summed E-state index contributed by atoms with van der Waals surface area (Å²) in [5.41, 5.74) is 0.709. The highest BCUT2D eigenvalue weighted by Crippen LogP contribution is 2.31. The molecule has 0 aliphatic carbocycles. The highest BCUT2D eigenvalue weighted by atomic mass is 16.5. The van der Waals surface area contributed by atoms with Gasteiger partial charge in [-0.2, -0.15) is 0 Å². The summed E-state index contributed by atoms with van der Waals surface area (Å²) >= 11 is 0. The van der Waals surface area contributed by atoms with Gasteiger partial charge in [0.15, 0.2) is 11.5 Å². The lowest BCUT2D eigenvalue weighted by Gasteiger charge is -2.34. The van der Waals surface area contributed by atoms with Gasteiger partial charge in [-0.3, -0.25) is 14.7 Å². The van der Waals surface area contributed by atoms with Gasteiger partial charge in [-0.1, -0.05) is 0 Å². The molecule has 1 N–H and O–H groups in total. The minimum absolute atomic E-state index is 0.0550.